The fourth-order valence-corrected chi connectivity index (χ4v) is 10.2. The number of nitrogens with one attached hydrogen (secondary N) is 7. The smallest absolute Gasteiger partial charge is 0.329 e. The normalized spacial score (nSPS) is 12.3. The van der Waals surface area contributed by atoms with Crippen molar-refractivity contribution in [1.29, 1.82) is 5.41 Å². The van der Waals surface area contributed by atoms with Gasteiger partial charge in [0, 0.05) is 81.9 Å². The molecule has 394 valence electrons. The second-order valence-electron chi connectivity index (χ2n) is 16.0. The summed E-state index contributed by atoms with van der Waals surface area (Å²) in [6.45, 7) is 3.65. The zero-order valence-corrected chi connectivity index (χ0v) is 46.1. The lowest BCUT2D eigenvalue weighted by molar-refractivity contribution is -0.144. The van der Waals surface area contributed by atoms with E-state index in [1.54, 1.807) is 86.9 Å². The SMILES string of the molecule is COC(=O)C(CSC(=O)C(CSC(=O)Cc1ccccc1Nc1c(Cl)ccc(-c2ccc(Nc3c(Cl)cccc3Cl)c(CC(=O)SCC(NC(C)=O)C(=O)N/C(N)=N/C(=N)N(C)C)c2)c1Cl)NC(C)=O)NC(C)=O. The molecular formula is C48H52Cl4N10O9S3. The van der Waals surface area contributed by atoms with Crippen LogP contribution in [-0.2, 0) is 55.9 Å². The minimum Gasteiger partial charge on any atom is -0.467 e. The van der Waals surface area contributed by atoms with Crippen LogP contribution in [0.15, 0.2) is 77.8 Å². The fraction of sp³-hybridized carbons (Fsp3) is 0.292. The van der Waals surface area contributed by atoms with Crippen molar-refractivity contribution in [2.24, 2.45) is 10.7 Å². The summed E-state index contributed by atoms with van der Waals surface area (Å²) in [5.74, 6) is -4.17. The minimum atomic E-state index is -1.21. The van der Waals surface area contributed by atoms with Gasteiger partial charge >= 0.3 is 5.97 Å². The van der Waals surface area contributed by atoms with Crippen molar-refractivity contribution >= 4 is 161 Å². The van der Waals surface area contributed by atoms with Gasteiger partial charge in [-0.15, -0.1) is 0 Å². The third-order valence-corrected chi connectivity index (χ3v) is 14.4. The topological polar surface area (TPSA) is 283 Å². The van der Waals surface area contributed by atoms with Gasteiger partial charge in [0.1, 0.15) is 18.1 Å². The lowest BCUT2D eigenvalue weighted by Gasteiger charge is -2.19. The zero-order valence-electron chi connectivity index (χ0n) is 40.6. The van der Waals surface area contributed by atoms with Gasteiger partial charge in [0.05, 0.1) is 38.6 Å². The van der Waals surface area contributed by atoms with E-state index in [-0.39, 0.29) is 57.2 Å². The van der Waals surface area contributed by atoms with Crippen molar-refractivity contribution in [3.05, 3.63) is 104 Å². The first-order chi connectivity index (χ1) is 35.0. The van der Waals surface area contributed by atoms with Crippen molar-refractivity contribution in [2.45, 2.75) is 51.7 Å². The molecule has 9 N–H and O–H groups in total. The van der Waals surface area contributed by atoms with E-state index < -0.39 is 58.0 Å². The zero-order chi connectivity index (χ0) is 54.8. The van der Waals surface area contributed by atoms with Crippen LogP contribution in [0.25, 0.3) is 11.1 Å². The van der Waals surface area contributed by atoms with Crippen LogP contribution < -0.4 is 37.6 Å². The molecule has 0 heterocycles. The molecule has 4 aromatic rings. The number of carbonyl (C=O) groups is 8. The molecule has 3 atom stereocenters. The molecule has 26 heteroatoms. The summed E-state index contributed by atoms with van der Waals surface area (Å²) in [4.78, 5) is 107. The summed E-state index contributed by atoms with van der Waals surface area (Å²) in [7, 11) is 4.27. The van der Waals surface area contributed by atoms with E-state index in [4.69, 9.17) is 62.3 Å². The standard InChI is InChI=1S/C48H52Cl4N10O9S3/c1-24(63)55-36(44(68)60-47(53)61-48(54)62(4)5)21-72-40(67)20-29-18-27(14-17-35(29)58-42-31(49)11-9-12-32(42)50)30-15-16-33(51)43(41(30)52)59-34-13-8-7-10-28(34)19-39(66)73-23-38(57-26(3)65)46(70)74-22-37(45(69)71-6)56-25(2)64/h7-18,36-38,58-59H,19-23H2,1-6H3,(H,55,63)(H,56,64)(H,57,65)(H4,53,54,60,61,68). The van der Waals surface area contributed by atoms with Gasteiger partial charge in [-0.2, -0.15) is 4.99 Å². The summed E-state index contributed by atoms with van der Waals surface area (Å²) < 4.78 is 4.71. The fourth-order valence-electron chi connectivity index (χ4n) is 6.49. The maximum absolute atomic E-state index is 13.8. The van der Waals surface area contributed by atoms with Crippen molar-refractivity contribution in [3.8, 4) is 11.1 Å². The molecule has 0 aliphatic rings. The number of nitrogens with two attached hydrogens (primary N) is 1. The highest BCUT2D eigenvalue weighted by atomic mass is 35.5. The van der Waals surface area contributed by atoms with Gasteiger partial charge in [0.2, 0.25) is 40.7 Å². The molecule has 0 aliphatic carbocycles. The van der Waals surface area contributed by atoms with Crippen LogP contribution in [-0.4, -0.2) is 118 Å². The van der Waals surface area contributed by atoms with Crippen LogP contribution in [0.5, 0.6) is 0 Å². The quantitative estimate of drug-likeness (QED) is 0.0238. The first kappa shape index (κ1) is 60.5. The number of carbonyl (C=O) groups excluding carboxylic acids is 8. The van der Waals surface area contributed by atoms with Crippen molar-refractivity contribution < 1.29 is 43.1 Å². The molecule has 0 saturated heterocycles. The van der Waals surface area contributed by atoms with E-state index in [9.17, 15) is 38.4 Å². The molecule has 0 fully saturated rings. The van der Waals surface area contributed by atoms with E-state index in [1.807, 2.05) is 0 Å². The molecular weight excluding hydrogens is 1100 g/mol. The minimum absolute atomic E-state index is 0.121. The van der Waals surface area contributed by atoms with E-state index >= 15 is 0 Å². The second-order valence-corrected chi connectivity index (χ2v) is 20.8. The number of nitrogens with zero attached hydrogens (tertiary/aromatic N) is 2. The van der Waals surface area contributed by atoms with Crippen LogP contribution in [0.2, 0.25) is 20.1 Å². The molecule has 0 bridgehead atoms. The average Bonchev–Trinajstić information content (AvgIpc) is 3.33. The number of guanidine groups is 2. The highest BCUT2D eigenvalue weighted by Gasteiger charge is 2.28. The number of benzene rings is 4. The van der Waals surface area contributed by atoms with Gasteiger partial charge in [0.25, 0.3) is 0 Å². The number of anilines is 4. The number of para-hydroxylation sites is 2. The van der Waals surface area contributed by atoms with Gasteiger partial charge in [-0.3, -0.25) is 44.3 Å². The number of hydrogen-bond acceptors (Lipinski definition) is 15. The predicted molar refractivity (Wildman–Crippen MR) is 297 cm³/mol. The first-order valence-corrected chi connectivity index (χ1v) is 26.4. The first-order valence-electron chi connectivity index (χ1n) is 21.9. The molecule has 0 radical (unpaired) electrons. The van der Waals surface area contributed by atoms with E-state index in [2.05, 4.69) is 36.9 Å². The Balaban J connectivity index is 1.59. The summed E-state index contributed by atoms with van der Waals surface area (Å²) >= 11 is 29.3. The Morgan fingerprint density at radius 1 is 0.662 bits per heavy atom. The Hall–Kier alpha value is -6.01. The van der Waals surface area contributed by atoms with E-state index in [1.165, 1.54) is 25.7 Å². The molecule has 4 rings (SSSR count). The predicted octanol–water partition coefficient (Wildman–Crippen LogP) is 6.93. The van der Waals surface area contributed by atoms with E-state index in [0.29, 0.717) is 66.8 Å². The number of aliphatic imine (C=N–C) groups is 1. The monoisotopic (exact) mass is 1150 g/mol. The Kier molecular flexibility index (Phi) is 23.9. The Morgan fingerprint density at radius 3 is 1.80 bits per heavy atom. The van der Waals surface area contributed by atoms with Crippen LogP contribution in [0, 0.1) is 5.41 Å². The summed E-state index contributed by atoms with van der Waals surface area (Å²) in [6, 6.07) is 17.0. The molecule has 0 spiro atoms. The largest absolute Gasteiger partial charge is 0.467 e. The van der Waals surface area contributed by atoms with E-state index in [0.717, 1.165) is 30.6 Å². The molecule has 3 unspecified atom stereocenters. The Bertz CT molecular complexity index is 2820. The van der Waals surface area contributed by atoms with Crippen molar-refractivity contribution in [2.75, 3.05) is 49.1 Å². The molecule has 4 amide bonds. The Morgan fingerprint density at radius 2 is 1.19 bits per heavy atom. The summed E-state index contributed by atoms with van der Waals surface area (Å²) in [5, 5.41) is 24.0. The third kappa shape index (κ3) is 18.7. The summed E-state index contributed by atoms with van der Waals surface area (Å²) in [5.41, 5.74) is 9.51. The van der Waals surface area contributed by atoms with Gasteiger partial charge in [-0.25, -0.2) is 4.79 Å². The molecule has 0 aliphatic heterocycles. The van der Waals surface area contributed by atoms with Crippen LogP contribution in [0.3, 0.4) is 0 Å². The number of halogens is 4. The number of ether oxygens (including phenoxy) is 1. The highest BCUT2D eigenvalue weighted by Crippen LogP contribution is 2.42. The van der Waals surface area contributed by atoms with Crippen molar-refractivity contribution in [3.63, 3.8) is 0 Å². The molecule has 4 aromatic carbocycles. The summed E-state index contributed by atoms with van der Waals surface area (Å²) in [6.07, 6.45) is -0.326. The lowest BCUT2D eigenvalue weighted by atomic mass is 9.99. The number of thioether (sulfide) groups is 3. The molecule has 0 saturated carbocycles. The molecule has 0 aromatic heterocycles. The Labute approximate surface area is 459 Å². The number of amides is 4. The highest BCUT2D eigenvalue weighted by molar-refractivity contribution is 8.15. The van der Waals surface area contributed by atoms with Crippen LogP contribution in [0.1, 0.15) is 31.9 Å². The maximum atomic E-state index is 13.8. The maximum Gasteiger partial charge on any atom is 0.329 e. The number of rotatable bonds is 21. The van der Waals surface area contributed by atoms with Gasteiger partial charge in [0.15, 0.2) is 10.2 Å². The van der Waals surface area contributed by atoms with Crippen LogP contribution in [0.4, 0.5) is 22.7 Å². The number of esters is 1. The number of methoxy groups -OCH3 is 1. The average molecular weight is 1150 g/mol. The van der Waals surface area contributed by atoms with Crippen molar-refractivity contribution in [1.82, 2.24) is 26.2 Å². The number of hydrogen-bond donors (Lipinski definition) is 8. The van der Waals surface area contributed by atoms with Gasteiger partial charge < -0.3 is 42.0 Å². The second kappa shape index (κ2) is 29.2. The lowest BCUT2D eigenvalue weighted by Crippen LogP contribution is -2.51. The molecule has 74 heavy (non-hydrogen) atoms. The van der Waals surface area contributed by atoms with Gasteiger partial charge in [-0.05, 0) is 53.1 Å². The van der Waals surface area contributed by atoms with Gasteiger partial charge in [-0.1, -0.05) is 118 Å². The van der Waals surface area contributed by atoms with Crippen LogP contribution >= 0.6 is 81.7 Å². The molecule has 19 nitrogen and oxygen atoms in total. The third-order valence-electron chi connectivity index (χ3n) is 10.0.